The van der Waals surface area contributed by atoms with Gasteiger partial charge in [-0.3, -0.25) is 9.59 Å². The van der Waals surface area contributed by atoms with Crippen molar-refractivity contribution in [1.29, 1.82) is 0 Å². The fraction of sp³-hybridized carbons (Fsp3) is 0.395. The molecule has 6 aromatic carbocycles. The van der Waals surface area contributed by atoms with Crippen molar-refractivity contribution in [2.45, 2.75) is 153 Å². The first-order valence-electron chi connectivity index (χ1n) is 32.9. The number of hydrogen-bond donors (Lipinski definition) is 0. The zero-order valence-electron chi connectivity index (χ0n) is 55.0. The summed E-state index contributed by atoms with van der Waals surface area (Å²) in [6.07, 6.45) is -13.0. The van der Waals surface area contributed by atoms with Crippen LogP contribution in [-0.2, 0) is 75.9 Å². The quantitative estimate of drug-likeness (QED) is 0.0169. The zero-order valence-corrected chi connectivity index (χ0v) is 55.0. The molecule has 9 rings (SSSR count). The molecule has 0 saturated carbocycles. The van der Waals surface area contributed by atoms with E-state index in [0.29, 0.717) is 6.42 Å². The molecule has 0 amide bonds. The van der Waals surface area contributed by atoms with E-state index < -0.39 is 153 Å². The molecule has 6 aromatic rings. The summed E-state index contributed by atoms with van der Waals surface area (Å²) in [5.74, 6) is -7.93. The third-order valence-electron chi connectivity index (χ3n) is 16.9. The largest absolute Gasteiger partial charge is 0.459 e. The molecule has 0 spiro atoms. The minimum atomic E-state index is -1.90. The lowest BCUT2D eigenvalue weighted by atomic mass is 9.83. The van der Waals surface area contributed by atoms with Gasteiger partial charge in [0.15, 0.2) is 55.5 Å². The van der Waals surface area contributed by atoms with Crippen LogP contribution in [0.1, 0.15) is 135 Å². The number of hydrogen-bond acceptors (Lipinski definition) is 22. The number of esters is 8. The summed E-state index contributed by atoms with van der Waals surface area (Å²) in [7, 11) is 0. The smallest absolute Gasteiger partial charge is 0.338 e. The molecule has 518 valence electrons. The van der Waals surface area contributed by atoms with Gasteiger partial charge in [0.05, 0.1) is 46.1 Å². The minimum absolute atomic E-state index is 0.0313. The highest BCUT2D eigenvalue weighted by Crippen LogP contribution is 2.39. The molecule has 0 N–H and O–H groups in total. The van der Waals surface area contributed by atoms with Crippen LogP contribution in [0.15, 0.2) is 195 Å². The maximum atomic E-state index is 14.6. The van der Waals surface area contributed by atoms with Crippen LogP contribution in [0.4, 0.5) is 0 Å². The average Bonchev–Trinajstić information content (AvgIpc) is 0.776. The van der Waals surface area contributed by atoms with Gasteiger partial charge in [0.2, 0.25) is 0 Å². The fourth-order valence-corrected chi connectivity index (χ4v) is 11.6. The summed E-state index contributed by atoms with van der Waals surface area (Å²) in [6.45, 7) is 8.03. The first-order valence-corrected chi connectivity index (χ1v) is 32.9. The summed E-state index contributed by atoms with van der Waals surface area (Å²) < 4.78 is 89.8. The van der Waals surface area contributed by atoms with E-state index in [2.05, 4.69) is 6.58 Å². The van der Waals surface area contributed by atoms with E-state index in [1.165, 1.54) is 48.5 Å². The molecule has 22 nitrogen and oxygen atoms in total. The summed E-state index contributed by atoms with van der Waals surface area (Å²) in [6, 6.07) is 48.0. The molecular weight excluding hydrogens is 1260 g/mol. The minimum Gasteiger partial charge on any atom is -0.459 e. The molecule has 98 heavy (non-hydrogen) atoms. The van der Waals surface area contributed by atoms with Crippen molar-refractivity contribution in [3.8, 4) is 0 Å². The van der Waals surface area contributed by atoms with Crippen molar-refractivity contribution < 1.29 is 105 Å². The topological polar surface area (TPSA) is 266 Å². The summed E-state index contributed by atoms with van der Waals surface area (Å²) in [5, 5.41) is 0. The third kappa shape index (κ3) is 20.3. The number of rotatable bonds is 31. The lowest BCUT2D eigenvalue weighted by molar-refractivity contribution is -0.360. The van der Waals surface area contributed by atoms with E-state index >= 15 is 0 Å². The van der Waals surface area contributed by atoms with Crippen molar-refractivity contribution in [2.24, 2.45) is 11.8 Å². The van der Waals surface area contributed by atoms with E-state index in [9.17, 15) is 38.4 Å². The molecule has 3 fully saturated rings. The van der Waals surface area contributed by atoms with Crippen LogP contribution < -0.4 is 0 Å². The molecule has 3 saturated heterocycles. The second kappa shape index (κ2) is 36.8. The number of benzene rings is 6. The molecular formula is C76H82O22. The van der Waals surface area contributed by atoms with Crippen LogP contribution in [0.3, 0.4) is 0 Å². The van der Waals surface area contributed by atoms with E-state index in [1.54, 1.807) is 140 Å². The molecule has 0 bridgehead atoms. The standard InChI is InChI=1S/C76H82O22/c1-6-7-8-9-10-11-12-31-44-85-74-66(90-51(5)78)65(98-76-61(94-70(81)54-36-23-15-24-37-54)49(3)48(2)58(91-76)45-86-68(79)52-32-19-13-20-33-52)62(89-50(4)77)60(92-74)47-88-75-67(97-73(84)57-42-29-18-30-43-57)64(96-72(83)56-40-27-17-28-41-56)63(95-71(82)55-38-25-16-26-39-55)59(93-75)46-87-69(80)53-34-21-14-22-35-53/h6,13-30,32-43,48-49,58-67,74-76H,1,7-12,31,44-47H2,2-5H3. The highest BCUT2D eigenvalue weighted by Gasteiger charge is 2.58. The Morgan fingerprint density at radius 2 is 0.684 bits per heavy atom. The predicted octanol–water partition coefficient (Wildman–Crippen LogP) is 11.2. The van der Waals surface area contributed by atoms with Crippen LogP contribution in [-0.4, -0.2) is 154 Å². The second-order valence-electron chi connectivity index (χ2n) is 23.9. The molecule has 3 heterocycles. The first kappa shape index (κ1) is 72.8. The lowest BCUT2D eigenvalue weighted by Crippen LogP contribution is -2.66. The fourth-order valence-electron chi connectivity index (χ4n) is 11.6. The monoisotopic (exact) mass is 1350 g/mol. The summed E-state index contributed by atoms with van der Waals surface area (Å²) in [5.41, 5.74) is 0.751. The van der Waals surface area contributed by atoms with Gasteiger partial charge in [-0.15, -0.1) is 6.58 Å². The molecule has 0 aromatic heterocycles. The molecule has 22 heteroatoms. The van der Waals surface area contributed by atoms with Crippen LogP contribution in [0.5, 0.6) is 0 Å². The maximum Gasteiger partial charge on any atom is 0.338 e. The van der Waals surface area contributed by atoms with Crippen LogP contribution in [0.25, 0.3) is 0 Å². The van der Waals surface area contributed by atoms with Crippen molar-refractivity contribution in [3.63, 3.8) is 0 Å². The van der Waals surface area contributed by atoms with Gasteiger partial charge >= 0.3 is 47.8 Å². The third-order valence-corrected chi connectivity index (χ3v) is 16.9. The molecule has 3 aliphatic rings. The second-order valence-corrected chi connectivity index (χ2v) is 23.9. The van der Waals surface area contributed by atoms with Gasteiger partial charge in [0.25, 0.3) is 0 Å². The molecule has 0 radical (unpaired) electrons. The molecule has 15 unspecified atom stereocenters. The Labute approximate surface area is 568 Å². The Balaban J connectivity index is 1.12. The Morgan fingerprint density at radius 3 is 1.13 bits per heavy atom. The molecule has 0 aliphatic carbocycles. The predicted molar refractivity (Wildman–Crippen MR) is 351 cm³/mol. The Kier molecular flexibility index (Phi) is 27.3. The van der Waals surface area contributed by atoms with Crippen LogP contribution >= 0.6 is 0 Å². The molecule has 15 atom stereocenters. The van der Waals surface area contributed by atoms with Crippen LogP contribution in [0.2, 0.25) is 0 Å². The van der Waals surface area contributed by atoms with Crippen molar-refractivity contribution in [1.82, 2.24) is 0 Å². The average molecular weight is 1350 g/mol. The summed E-state index contributed by atoms with van der Waals surface area (Å²) >= 11 is 0. The zero-order chi connectivity index (χ0) is 69.3. The highest BCUT2D eigenvalue weighted by molar-refractivity contribution is 5.92. The number of ether oxygens (including phenoxy) is 14. The van der Waals surface area contributed by atoms with Gasteiger partial charge in [-0.05, 0) is 98.0 Å². The van der Waals surface area contributed by atoms with E-state index in [-0.39, 0.29) is 46.6 Å². The summed E-state index contributed by atoms with van der Waals surface area (Å²) in [4.78, 5) is 112. The lowest BCUT2D eigenvalue weighted by Gasteiger charge is -2.49. The van der Waals surface area contributed by atoms with Gasteiger partial charge in [0, 0.05) is 26.4 Å². The molecule has 3 aliphatic heterocycles. The van der Waals surface area contributed by atoms with Gasteiger partial charge in [0.1, 0.15) is 31.5 Å². The van der Waals surface area contributed by atoms with E-state index in [0.717, 1.165) is 52.4 Å². The van der Waals surface area contributed by atoms with Crippen LogP contribution in [0, 0.1) is 11.8 Å². The first-order chi connectivity index (χ1) is 47.6. The number of unbranched alkanes of at least 4 members (excludes halogenated alkanes) is 6. The Bertz CT molecular complexity index is 3540. The normalized spacial score (nSPS) is 25.0. The van der Waals surface area contributed by atoms with Crippen molar-refractivity contribution in [3.05, 3.63) is 228 Å². The highest BCUT2D eigenvalue weighted by atomic mass is 16.8. The van der Waals surface area contributed by atoms with E-state index in [1.807, 2.05) is 13.0 Å². The Morgan fingerprint density at radius 1 is 0.347 bits per heavy atom. The SMILES string of the molecule is C=CCCCCCCCCOC1OC(COC2OC(COC(=O)c3ccccc3)C(OC(=O)c3ccccc3)C(OC(=O)c3ccccc3)C2OC(=O)c2ccccc2)C(OC(C)=O)C(OC2OC(COC(=O)c3ccccc3)C(C)C(C)C2OC(=O)c2ccccc2)C1OC(C)=O. The number of carbonyl (C=O) groups excluding carboxylic acids is 8. The number of carbonyl (C=O) groups is 8. The van der Waals surface area contributed by atoms with Gasteiger partial charge in [-0.1, -0.05) is 155 Å². The van der Waals surface area contributed by atoms with Gasteiger partial charge in [-0.2, -0.15) is 0 Å². The van der Waals surface area contributed by atoms with Gasteiger partial charge in [-0.25, -0.2) is 28.8 Å². The van der Waals surface area contributed by atoms with Crippen molar-refractivity contribution in [2.75, 3.05) is 26.4 Å². The van der Waals surface area contributed by atoms with E-state index in [4.69, 9.17) is 66.3 Å². The maximum absolute atomic E-state index is 14.6. The van der Waals surface area contributed by atoms with Gasteiger partial charge < -0.3 is 66.3 Å². The number of allylic oxidation sites excluding steroid dienone is 1. The van der Waals surface area contributed by atoms with Crippen molar-refractivity contribution >= 4 is 47.8 Å². The Hall–Kier alpha value is -9.42.